The van der Waals surface area contributed by atoms with Crippen molar-refractivity contribution in [3.8, 4) is 5.75 Å². The average Bonchev–Trinajstić information content (AvgIpc) is 3.26. The molecule has 0 bridgehead atoms. The number of rotatable bonds is 12. The number of carbonyl (C=O) groups is 1. The van der Waals surface area contributed by atoms with Crippen LogP contribution in [0.2, 0.25) is 0 Å². The zero-order valence-corrected chi connectivity index (χ0v) is 22.4. The predicted octanol–water partition coefficient (Wildman–Crippen LogP) is 4.22. The lowest BCUT2D eigenvalue weighted by Crippen LogP contribution is -2.56. The van der Waals surface area contributed by atoms with Gasteiger partial charge in [-0.2, -0.15) is 0 Å². The largest absolute Gasteiger partial charge is 0.494 e. The molecule has 0 aromatic heterocycles. The van der Waals surface area contributed by atoms with E-state index in [1.54, 1.807) is 0 Å². The van der Waals surface area contributed by atoms with Gasteiger partial charge in [0, 0.05) is 36.0 Å². The van der Waals surface area contributed by atoms with Crippen molar-refractivity contribution in [1.82, 2.24) is 10.9 Å². The molecule has 0 fully saturated rings. The Morgan fingerprint density at radius 2 is 1.81 bits per heavy atom. The number of nitrogens with one attached hydrogen (secondary N) is 2. The molecule has 0 spiro atoms. The molecule has 1 aliphatic rings. The summed E-state index contributed by atoms with van der Waals surface area (Å²) in [6.07, 6.45) is 1.23. The monoisotopic (exact) mass is 565 g/mol. The summed E-state index contributed by atoms with van der Waals surface area (Å²) in [5, 5.41) is 8.94. The van der Waals surface area contributed by atoms with Crippen molar-refractivity contribution in [3.63, 3.8) is 0 Å². The Labute approximate surface area is 226 Å². The molecule has 3 N–H and O–H groups in total. The van der Waals surface area contributed by atoms with Gasteiger partial charge in [-0.15, -0.1) is 0 Å². The summed E-state index contributed by atoms with van der Waals surface area (Å²) in [6, 6.07) is 25.3. The first-order valence-electron chi connectivity index (χ1n) is 12.4. The van der Waals surface area contributed by atoms with E-state index in [0.717, 1.165) is 22.0 Å². The fourth-order valence-corrected chi connectivity index (χ4v) is 4.60. The van der Waals surface area contributed by atoms with Crippen LogP contribution in [0.3, 0.4) is 0 Å². The van der Waals surface area contributed by atoms with Crippen molar-refractivity contribution in [1.29, 1.82) is 0 Å². The van der Waals surface area contributed by atoms with Crippen LogP contribution in [0.15, 0.2) is 88.3 Å². The fourth-order valence-electron chi connectivity index (χ4n) is 4.18. The quantitative estimate of drug-likeness (QED) is 0.226. The van der Waals surface area contributed by atoms with E-state index < -0.39 is 11.6 Å². The highest BCUT2D eigenvalue weighted by molar-refractivity contribution is 9.10. The maximum atomic E-state index is 13.7. The molecule has 3 aromatic carbocycles. The molecule has 194 valence electrons. The van der Waals surface area contributed by atoms with Gasteiger partial charge in [0.05, 0.1) is 6.61 Å². The van der Waals surface area contributed by atoms with Crippen LogP contribution in [0.5, 0.6) is 5.75 Å². The number of aliphatic hydroxyl groups is 1. The summed E-state index contributed by atoms with van der Waals surface area (Å²) in [4.78, 5) is 18.6. The van der Waals surface area contributed by atoms with Crippen molar-refractivity contribution >= 4 is 27.7 Å². The maximum absolute atomic E-state index is 13.7. The van der Waals surface area contributed by atoms with E-state index in [1.165, 1.54) is 5.56 Å². The molecule has 37 heavy (non-hydrogen) atoms. The van der Waals surface area contributed by atoms with Gasteiger partial charge >= 0.3 is 0 Å². The van der Waals surface area contributed by atoms with Crippen LogP contribution in [0.1, 0.15) is 30.0 Å². The van der Waals surface area contributed by atoms with E-state index in [4.69, 9.17) is 19.6 Å². The molecule has 1 heterocycles. The van der Waals surface area contributed by atoms with Crippen LogP contribution in [-0.4, -0.2) is 48.3 Å². The Morgan fingerprint density at radius 3 is 2.54 bits per heavy atom. The molecule has 1 aliphatic heterocycles. The van der Waals surface area contributed by atoms with E-state index in [2.05, 4.69) is 38.9 Å². The second kappa shape index (κ2) is 12.9. The predicted molar refractivity (Wildman–Crippen MR) is 148 cm³/mol. The zero-order chi connectivity index (χ0) is 26.1. The summed E-state index contributed by atoms with van der Waals surface area (Å²) in [5.41, 5.74) is 7.72. The van der Waals surface area contributed by atoms with Crippen molar-refractivity contribution in [2.45, 2.75) is 37.8 Å². The molecule has 0 radical (unpaired) electrons. The first kappa shape index (κ1) is 26.9. The van der Waals surface area contributed by atoms with Crippen LogP contribution in [0.25, 0.3) is 0 Å². The van der Waals surface area contributed by atoms with Gasteiger partial charge in [0.1, 0.15) is 11.9 Å². The first-order valence-corrected chi connectivity index (χ1v) is 13.2. The minimum Gasteiger partial charge on any atom is -0.494 e. The maximum Gasteiger partial charge on any atom is 0.266 e. The second-order valence-electron chi connectivity index (χ2n) is 8.94. The van der Waals surface area contributed by atoms with E-state index in [9.17, 15) is 4.79 Å². The molecule has 3 aromatic rings. The van der Waals surface area contributed by atoms with Crippen molar-refractivity contribution < 1.29 is 19.4 Å². The third kappa shape index (κ3) is 6.77. The third-order valence-corrected chi connectivity index (χ3v) is 7.10. The Kier molecular flexibility index (Phi) is 9.33. The van der Waals surface area contributed by atoms with Crippen molar-refractivity contribution in [2.75, 3.05) is 19.8 Å². The van der Waals surface area contributed by atoms with Gasteiger partial charge in [0.25, 0.3) is 5.91 Å². The number of halogens is 1. The minimum atomic E-state index is -1.16. The standard InChI is InChI=1S/C29H32BrN3O4/c1-21-29(20-24-10-5-6-11-26(24)30,28(35)33-31-17-16-22-8-3-2-4-9-22)32-27(37-21)23-12-14-25(15-13-23)36-19-7-18-34/h2-6,8-15,21,31,34H,7,16-20H2,1H3,(H,33,35)/t21-,29-/m0/s1. The summed E-state index contributed by atoms with van der Waals surface area (Å²) in [5.74, 6) is 0.868. The molecule has 4 rings (SSSR count). The van der Waals surface area contributed by atoms with Gasteiger partial charge in [0.15, 0.2) is 5.54 Å². The molecule has 0 saturated carbocycles. The van der Waals surface area contributed by atoms with E-state index in [0.29, 0.717) is 37.6 Å². The highest BCUT2D eigenvalue weighted by Crippen LogP contribution is 2.34. The number of ether oxygens (including phenoxy) is 2. The van der Waals surface area contributed by atoms with Crippen molar-refractivity contribution in [3.05, 3.63) is 100 Å². The molecular formula is C29H32BrN3O4. The van der Waals surface area contributed by atoms with Gasteiger partial charge in [-0.1, -0.05) is 64.5 Å². The Balaban J connectivity index is 1.53. The Morgan fingerprint density at radius 1 is 1.08 bits per heavy atom. The summed E-state index contributed by atoms with van der Waals surface area (Å²) in [7, 11) is 0. The zero-order valence-electron chi connectivity index (χ0n) is 20.8. The molecular weight excluding hydrogens is 534 g/mol. The fraction of sp³-hybridized carbons (Fsp3) is 0.310. The van der Waals surface area contributed by atoms with Gasteiger partial charge in [-0.05, 0) is 54.8 Å². The molecule has 2 atom stereocenters. The van der Waals surface area contributed by atoms with Crippen LogP contribution >= 0.6 is 15.9 Å². The highest BCUT2D eigenvalue weighted by atomic mass is 79.9. The smallest absolute Gasteiger partial charge is 0.266 e. The van der Waals surface area contributed by atoms with Gasteiger partial charge in [-0.25, -0.2) is 10.4 Å². The molecule has 0 saturated heterocycles. The number of carbonyl (C=O) groups excluding carboxylic acids is 1. The van der Waals surface area contributed by atoms with Crippen LogP contribution in [-0.2, 0) is 22.4 Å². The summed E-state index contributed by atoms with van der Waals surface area (Å²) < 4.78 is 12.7. The number of nitrogens with zero attached hydrogens (tertiary/aromatic N) is 1. The molecule has 1 amide bonds. The number of hydrogen-bond donors (Lipinski definition) is 3. The Hall–Kier alpha value is -3.20. The van der Waals surface area contributed by atoms with E-state index in [1.807, 2.05) is 73.7 Å². The van der Waals surface area contributed by atoms with Gasteiger partial charge < -0.3 is 14.6 Å². The lowest BCUT2D eigenvalue weighted by molar-refractivity contribution is -0.129. The molecule has 0 aliphatic carbocycles. The number of hydrazine groups is 1. The summed E-state index contributed by atoms with van der Waals surface area (Å²) >= 11 is 3.61. The lowest BCUT2D eigenvalue weighted by atomic mass is 9.86. The minimum absolute atomic E-state index is 0.0867. The van der Waals surface area contributed by atoms with E-state index >= 15 is 0 Å². The van der Waals surface area contributed by atoms with E-state index in [-0.39, 0.29) is 12.5 Å². The number of amides is 1. The SMILES string of the molecule is C[C@@H]1OC(c2ccc(OCCCO)cc2)=N[C@]1(Cc1ccccc1Br)C(=O)NNCCc1ccccc1. The lowest BCUT2D eigenvalue weighted by Gasteiger charge is -2.28. The average molecular weight is 566 g/mol. The molecule has 8 heteroatoms. The first-order chi connectivity index (χ1) is 18.0. The molecule has 7 nitrogen and oxygen atoms in total. The van der Waals surface area contributed by atoms with Crippen LogP contribution < -0.4 is 15.6 Å². The number of aliphatic imine (C=N–C) groups is 1. The second-order valence-corrected chi connectivity index (χ2v) is 9.79. The number of benzene rings is 3. The topological polar surface area (TPSA) is 92.2 Å². The number of hydrogen-bond acceptors (Lipinski definition) is 6. The highest BCUT2D eigenvalue weighted by Gasteiger charge is 2.50. The van der Waals surface area contributed by atoms with Crippen molar-refractivity contribution in [2.24, 2.45) is 4.99 Å². The normalized spacial score (nSPS) is 18.7. The number of aliphatic hydroxyl groups excluding tert-OH is 1. The third-order valence-electron chi connectivity index (χ3n) is 6.33. The van der Waals surface area contributed by atoms with Crippen LogP contribution in [0, 0.1) is 0 Å². The van der Waals surface area contributed by atoms with Gasteiger partial charge in [0.2, 0.25) is 5.90 Å². The van der Waals surface area contributed by atoms with Gasteiger partial charge in [-0.3, -0.25) is 10.2 Å². The molecule has 0 unspecified atom stereocenters. The summed E-state index contributed by atoms with van der Waals surface area (Å²) in [6.45, 7) is 2.99. The Bertz CT molecular complexity index is 1200. The van der Waals surface area contributed by atoms with Crippen LogP contribution in [0.4, 0.5) is 0 Å².